The number of benzene rings is 1. The van der Waals surface area contributed by atoms with Crippen LogP contribution in [0.4, 0.5) is 5.69 Å². The maximum Gasteiger partial charge on any atom is 0.229 e. The molecule has 1 aliphatic rings. The first-order valence-corrected chi connectivity index (χ1v) is 7.82. The Morgan fingerprint density at radius 2 is 1.95 bits per heavy atom. The third-order valence-corrected chi connectivity index (χ3v) is 4.35. The highest BCUT2D eigenvalue weighted by atomic mass is 16.1. The number of nitrogens with one attached hydrogen (secondary N) is 2. The van der Waals surface area contributed by atoms with Crippen LogP contribution in [0.25, 0.3) is 0 Å². The average molecular weight is 274 g/mol. The van der Waals surface area contributed by atoms with Gasteiger partial charge in [-0.25, -0.2) is 0 Å². The fourth-order valence-electron chi connectivity index (χ4n) is 3.02. The number of carbonyl (C=O) groups excluding carboxylic acids is 1. The van der Waals surface area contributed by atoms with Crippen LogP contribution in [-0.2, 0) is 17.6 Å². The van der Waals surface area contributed by atoms with E-state index >= 15 is 0 Å². The molecule has 0 spiro atoms. The second kappa shape index (κ2) is 6.89. The second-order valence-electron chi connectivity index (χ2n) is 5.64. The third-order valence-electron chi connectivity index (χ3n) is 4.35. The van der Waals surface area contributed by atoms with E-state index in [1.54, 1.807) is 0 Å². The lowest BCUT2D eigenvalue weighted by atomic mass is 9.90. The highest BCUT2D eigenvalue weighted by Gasteiger charge is 2.28. The van der Waals surface area contributed by atoms with Gasteiger partial charge in [-0.05, 0) is 50.3 Å². The van der Waals surface area contributed by atoms with Gasteiger partial charge in [0.1, 0.15) is 0 Å². The molecule has 1 aliphatic heterocycles. The standard InChI is InChI=1S/C17H26N2O/c1-4-13-8-6-9-14(5-2)16(13)19-17(20)15-10-7-11-18-12(15)3/h6,8-9,12,15,18H,4-5,7,10-11H2,1-3H3,(H,19,20). The molecule has 2 N–H and O–H groups in total. The maximum absolute atomic E-state index is 12.6. The van der Waals surface area contributed by atoms with E-state index in [1.165, 1.54) is 11.1 Å². The van der Waals surface area contributed by atoms with Gasteiger partial charge in [0.25, 0.3) is 0 Å². The lowest BCUT2D eigenvalue weighted by Crippen LogP contribution is -2.44. The Labute approximate surface area is 122 Å². The maximum atomic E-state index is 12.6. The van der Waals surface area contributed by atoms with Gasteiger partial charge in [-0.2, -0.15) is 0 Å². The van der Waals surface area contributed by atoms with E-state index in [0.717, 1.165) is 37.9 Å². The quantitative estimate of drug-likeness (QED) is 0.885. The van der Waals surface area contributed by atoms with Crippen molar-refractivity contribution in [3.05, 3.63) is 29.3 Å². The summed E-state index contributed by atoms with van der Waals surface area (Å²) in [5, 5.41) is 6.60. The molecule has 0 aliphatic carbocycles. The normalized spacial score (nSPS) is 22.6. The van der Waals surface area contributed by atoms with Crippen LogP contribution in [0.15, 0.2) is 18.2 Å². The van der Waals surface area contributed by atoms with Crippen LogP contribution in [0.2, 0.25) is 0 Å². The van der Waals surface area contributed by atoms with Gasteiger partial charge in [-0.15, -0.1) is 0 Å². The number of hydrogen-bond donors (Lipinski definition) is 2. The van der Waals surface area contributed by atoms with Crippen LogP contribution in [0.3, 0.4) is 0 Å². The highest BCUT2D eigenvalue weighted by molar-refractivity contribution is 5.94. The molecular weight excluding hydrogens is 248 g/mol. The Hall–Kier alpha value is -1.35. The second-order valence-corrected chi connectivity index (χ2v) is 5.64. The summed E-state index contributed by atoms with van der Waals surface area (Å²) in [6.45, 7) is 7.40. The third kappa shape index (κ3) is 3.21. The molecule has 2 atom stereocenters. The number of para-hydroxylation sites is 1. The van der Waals surface area contributed by atoms with Crippen molar-refractivity contribution < 1.29 is 4.79 Å². The van der Waals surface area contributed by atoms with Crippen LogP contribution in [-0.4, -0.2) is 18.5 Å². The van der Waals surface area contributed by atoms with Crippen molar-refractivity contribution >= 4 is 11.6 Å². The van der Waals surface area contributed by atoms with E-state index in [4.69, 9.17) is 0 Å². The monoisotopic (exact) mass is 274 g/mol. The van der Waals surface area contributed by atoms with Crippen molar-refractivity contribution in [2.75, 3.05) is 11.9 Å². The van der Waals surface area contributed by atoms with Crippen molar-refractivity contribution in [3.8, 4) is 0 Å². The Morgan fingerprint density at radius 1 is 1.30 bits per heavy atom. The van der Waals surface area contributed by atoms with E-state index in [2.05, 4.69) is 49.6 Å². The molecule has 2 rings (SSSR count). The molecular formula is C17H26N2O. The fourth-order valence-corrected chi connectivity index (χ4v) is 3.02. The van der Waals surface area contributed by atoms with E-state index in [-0.39, 0.29) is 17.9 Å². The number of piperidine rings is 1. The zero-order chi connectivity index (χ0) is 14.5. The number of carbonyl (C=O) groups is 1. The van der Waals surface area contributed by atoms with Crippen molar-refractivity contribution in [1.82, 2.24) is 5.32 Å². The minimum atomic E-state index is 0.0818. The summed E-state index contributed by atoms with van der Waals surface area (Å²) in [6, 6.07) is 6.56. The summed E-state index contributed by atoms with van der Waals surface area (Å²) < 4.78 is 0. The minimum absolute atomic E-state index is 0.0818. The molecule has 0 aromatic heterocycles. The number of anilines is 1. The van der Waals surface area contributed by atoms with Crippen LogP contribution in [0.5, 0.6) is 0 Å². The van der Waals surface area contributed by atoms with Crippen LogP contribution in [0.1, 0.15) is 44.7 Å². The SMILES string of the molecule is CCc1cccc(CC)c1NC(=O)C1CCCNC1C. The lowest BCUT2D eigenvalue weighted by Gasteiger charge is -2.29. The van der Waals surface area contributed by atoms with Gasteiger partial charge in [0.15, 0.2) is 0 Å². The van der Waals surface area contributed by atoms with Gasteiger partial charge in [-0.3, -0.25) is 4.79 Å². The summed E-state index contributed by atoms with van der Waals surface area (Å²) in [7, 11) is 0. The molecule has 2 unspecified atom stereocenters. The lowest BCUT2D eigenvalue weighted by molar-refractivity contribution is -0.121. The largest absolute Gasteiger partial charge is 0.325 e. The smallest absolute Gasteiger partial charge is 0.229 e. The number of amides is 1. The zero-order valence-corrected chi connectivity index (χ0v) is 12.8. The molecule has 110 valence electrons. The van der Waals surface area contributed by atoms with E-state index in [1.807, 2.05) is 0 Å². The Kier molecular flexibility index (Phi) is 5.18. The van der Waals surface area contributed by atoms with Gasteiger partial charge in [0.2, 0.25) is 5.91 Å². The molecule has 1 amide bonds. The Balaban J connectivity index is 2.18. The van der Waals surface area contributed by atoms with Crippen molar-refractivity contribution in [2.45, 2.75) is 52.5 Å². The summed E-state index contributed by atoms with van der Waals surface area (Å²) in [5.41, 5.74) is 3.50. The molecule has 1 fully saturated rings. The van der Waals surface area contributed by atoms with Crippen LogP contribution in [0, 0.1) is 5.92 Å². The number of aryl methyl sites for hydroxylation is 2. The molecule has 0 bridgehead atoms. The van der Waals surface area contributed by atoms with Gasteiger partial charge < -0.3 is 10.6 Å². The molecule has 0 radical (unpaired) electrons. The van der Waals surface area contributed by atoms with E-state index < -0.39 is 0 Å². The fraction of sp³-hybridized carbons (Fsp3) is 0.588. The molecule has 20 heavy (non-hydrogen) atoms. The van der Waals surface area contributed by atoms with Crippen molar-refractivity contribution in [2.24, 2.45) is 5.92 Å². The zero-order valence-electron chi connectivity index (χ0n) is 12.8. The van der Waals surface area contributed by atoms with E-state index in [9.17, 15) is 4.79 Å². The predicted octanol–water partition coefficient (Wildman–Crippen LogP) is 3.14. The van der Waals surface area contributed by atoms with Crippen molar-refractivity contribution in [1.29, 1.82) is 0 Å². The van der Waals surface area contributed by atoms with Gasteiger partial charge in [0.05, 0.1) is 5.92 Å². The Morgan fingerprint density at radius 3 is 2.50 bits per heavy atom. The van der Waals surface area contributed by atoms with Crippen molar-refractivity contribution in [3.63, 3.8) is 0 Å². The van der Waals surface area contributed by atoms with Gasteiger partial charge in [0, 0.05) is 11.7 Å². The van der Waals surface area contributed by atoms with E-state index in [0.29, 0.717) is 0 Å². The highest BCUT2D eigenvalue weighted by Crippen LogP contribution is 2.25. The average Bonchev–Trinajstić information content (AvgIpc) is 2.47. The number of rotatable bonds is 4. The minimum Gasteiger partial charge on any atom is -0.325 e. The molecule has 1 aromatic carbocycles. The first-order valence-electron chi connectivity index (χ1n) is 7.82. The Bertz CT molecular complexity index is 448. The predicted molar refractivity (Wildman–Crippen MR) is 84.0 cm³/mol. The molecule has 1 aromatic rings. The molecule has 0 saturated carbocycles. The summed E-state index contributed by atoms with van der Waals surface area (Å²) in [6.07, 6.45) is 3.96. The number of hydrogen-bond acceptors (Lipinski definition) is 2. The first-order chi connectivity index (χ1) is 9.67. The first kappa shape index (κ1) is 15.0. The molecule has 3 nitrogen and oxygen atoms in total. The summed E-state index contributed by atoms with van der Waals surface area (Å²) in [4.78, 5) is 12.6. The van der Waals surface area contributed by atoms with Gasteiger partial charge in [-0.1, -0.05) is 32.0 Å². The molecule has 1 heterocycles. The summed E-state index contributed by atoms with van der Waals surface area (Å²) >= 11 is 0. The van der Waals surface area contributed by atoms with Crippen LogP contribution >= 0.6 is 0 Å². The summed E-state index contributed by atoms with van der Waals surface area (Å²) in [5.74, 6) is 0.249. The van der Waals surface area contributed by atoms with Gasteiger partial charge >= 0.3 is 0 Å². The molecule has 1 saturated heterocycles. The molecule has 3 heteroatoms. The van der Waals surface area contributed by atoms with Crippen LogP contribution < -0.4 is 10.6 Å². The topological polar surface area (TPSA) is 41.1 Å².